The van der Waals surface area contributed by atoms with Gasteiger partial charge in [-0.2, -0.15) is 5.10 Å². The summed E-state index contributed by atoms with van der Waals surface area (Å²) in [6.07, 6.45) is 1.83. The first-order valence-electron chi connectivity index (χ1n) is 4.67. The van der Waals surface area contributed by atoms with E-state index < -0.39 is 0 Å². The Bertz CT molecular complexity index is 470. The van der Waals surface area contributed by atoms with Crippen molar-refractivity contribution in [2.75, 3.05) is 0 Å². The topological polar surface area (TPSA) is 56.2 Å². The van der Waals surface area contributed by atoms with E-state index in [2.05, 4.69) is 10.1 Å². The first kappa shape index (κ1) is 9.15. The Balaban J connectivity index is 2.74. The molecule has 0 bridgehead atoms. The fourth-order valence-corrected chi connectivity index (χ4v) is 1.62. The van der Waals surface area contributed by atoms with Gasteiger partial charge in [-0.25, -0.2) is 9.50 Å². The highest BCUT2D eigenvalue weighted by molar-refractivity contribution is 5.42. The molecule has 2 aromatic heterocycles. The minimum Gasteiger partial charge on any atom is -0.324 e. The van der Waals surface area contributed by atoms with Crippen molar-refractivity contribution in [3.05, 3.63) is 29.2 Å². The Morgan fingerprint density at radius 1 is 1.43 bits per heavy atom. The maximum absolute atomic E-state index is 5.83. The molecule has 14 heavy (non-hydrogen) atoms. The van der Waals surface area contributed by atoms with Crippen LogP contribution in [-0.2, 0) is 0 Å². The van der Waals surface area contributed by atoms with Gasteiger partial charge in [-0.15, -0.1) is 0 Å². The van der Waals surface area contributed by atoms with Gasteiger partial charge in [0.05, 0.1) is 5.69 Å². The monoisotopic (exact) mass is 190 g/mol. The zero-order valence-corrected chi connectivity index (χ0v) is 8.65. The molecule has 0 aromatic carbocycles. The Hall–Kier alpha value is -1.42. The fraction of sp³-hybridized carbons (Fsp3) is 0.400. The Labute approximate surface area is 82.8 Å². The Kier molecular flexibility index (Phi) is 2.00. The Morgan fingerprint density at radius 3 is 2.79 bits per heavy atom. The molecular weight excluding hydrogens is 176 g/mol. The third-order valence-corrected chi connectivity index (χ3v) is 2.37. The summed E-state index contributed by atoms with van der Waals surface area (Å²) < 4.78 is 1.84. The maximum Gasteiger partial charge on any atom is 0.155 e. The zero-order chi connectivity index (χ0) is 10.3. The van der Waals surface area contributed by atoms with Crippen LogP contribution in [0.2, 0.25) is 0 Å². The van der Waals surface area contributed by atoms with Crippen LogP contribution in [0, 0.1) is 13.8 Å². The summed E-state index contributed by atoms with van der Waals surface area (Å²) >= 11 is 0. The molecule has 0 amide bonds. The molecule has 0 fully saturated rings. The van der Waals surface area contributed by atoms with Crippen molar-refractivity contribution in [1.82, 2.24) is 14.6 Å². The van der Waals surface area contributed by atoms with Crippen molar-refractivity contribution < 1.29 is 0 Å². The second-order valence-corrected chi connectivity index (χ2v) is 3.64. The van der Waals surface area contributed by atoms with E-state index in [1.54, 1.807) is 0 Å². The average Bonchev–Trinajstić information content (AvgIpc) is 2.46. The van der Waals surface area contributed by atoms with Gasteiger partial charge in [-0.3, -0.25) is 0 Å². The minimum absolute atomic E-state index is 0.00333. The van der Waals surface area contributed by atoms with Crippen LogP contribution in [0.5, 0.6) is 0 Å². The van der Waals surface area contributed by atoms with Gasteiger partial charge in [-0.05, 0) is 20.8 Å². The number of nitrogens with zero attached hydrogens (tertiary/aromatic N) is 3. The molecule has 4 heteroatoms. The van der Waals surface area contributed by atoms with E-state index in [0.29, 0.717) is 0 Å². The summed E-state index contributed by atoms with van der Waals surface area (Å²) in [5.74, 6) is 0. The minimum atomic E-state index is -0.00333. The van der Waals surface area contributed by atoms with Crippen LogP contribution in [0.1, 0.15) is 29.9 Å². The molecule has 74 valence electrons. The molecule has 0 saturated carbocycles. The molecule has 0 saturated heterocycles. The molecule has 0 aliphatic carbocycles. The van der Waals surface area contributed by atoms with Crippen molar-refractivity contribution >= 4 is 5.65 Å². The molecule has 1 atom stereocenters. The van der Waals surface area contributed by atoms with E-state index in [4.69, 9.17) is 5.73 Å². The molecule has 1 unspecified atom stereocenters. The third kappa shape index (κ3) is 1.28. The van der Waals surface area contributed by atoms with Crippen LogP contribution in [-0.4, -0.2) is 14.6 Å². The van der Waals surface area contributed by atoms with Crippen molar-refractivity contribution in [2.24, 2.45) is 5.73 Å². The summed E-state index contributed by atoms with van der Waals surface area (Å²) in [5.41, 5.74) is 9.79. The van der Waals surface area contributed by atoms with Gasteiger partial charge in [0.1, 0.15) is 0 Å². The van der Waals surface area contributed by atoms with Gasteiger partial charge in [0.15, 0.2) is 5.65 Å². The van der Waals surface area contributed by atoms with Gasteiger partial charge in [0.25, 0.3) is 0 Å². The van der Waals surface area contributed by atoms with E-state index in [9.17, 15) is 0 Å². The smallest absolute Gasteiger partial charge is 0.155 e. The number of hydrogen-bond acceptors (Lipinski definition) is 3. The van der Waals surface area contributed by atoms with Crippen molar-refractivity contribution in [1.29, 1.82) is 0 Å². The fourth-order valence-electron chi connectivity index (χ4n) is 1.62. The number of hydrogen-bond donors (Lipinski definition) is 1. The molecule has 0 aliphatic heterocycles. The highest BCUT2D eigenvalue weighted by Gasteiger charge is 2.09. The van der Waals surface area contributed by atoms with Gasteiger partial charge in [0.2, 0.25) is 0 Å². The normalized spacial score (nSPS) is 13.4. The van der Waals surface area contributed by atoms with Gasteiger partial charge in [0, 0.05) is 29.6 Å². The molecule has 0 radical (unpaired) electrons. The van der Waals surface area contributed by atoms with Crippen molar-refractivity contribution in [2.45, 2.75) is 26.8 Å². The molecule has 2 N–H and O–H groups in total. The molecule has 2 aromatic rings. The highest BCUT2D eigenvalue weighted by Crippen LogP contribution is 2.15. The van der Waals surface area contributed by atoms with Gasteiger partial charge < -0.3 is 5.73 Å². The van der Waals surface area contributed by atoms with Gasteiger partial charge in [-0.1, -0.05) is 0 Å². The summed E-state index contributed by atoms with van der Waals surface area (Å²) in [4.78, 5) is 4.30. The van der Waals surface area contributed by atoms with Crippen LogP contribution < -0.4 is 5.73 Å². The summed E-state index contributed by atoms with van der Waals surface area (Å²) in [6.45, 7) is 5.92. The number of fused-ring (bicyclic) bond motifs is 1. The molecule has 2 heterocycles. The van der Waals surface area contributed by atoms with Crippen LogP contribution >= 0.6 is 0 Å². The number of nitrogens with two attached hydrogens (primary N) is 1. The number of aryl methyl sites for hydroxylation is 2. The van der Waals surface area contributed by atoms with Crippen LogP contribution in [0.15, 0.2) is 12.3 Å². The highest BCUT2D eigenvalue weighted by atomic mass is 15.3. The molecule has 4 nitrogen and oxygen atoms in total. The summed E-state index contributed by atoms with van der Waals surface area (Å²) in [7, 11) is 0. The first-order chi connectivity index (χ1) is 6.59. The van der Waals surface area contributed by atoms with E-state index in [1.807, 2.05) is 37.5 Å². The predicted octanol–water partition coefficient (Wildman–Crippen LogP) is 1.37. The second kappa shape index (κ2) is 3.06. The molecule has 2 rings (SSSR count). The van der Waals surface area contributed by atoms with Crippen LogP contribution in [0.3, 0.4) is 0 Å². The van der Waals surface area contributed by atoms with Crippen molar-refractivity contribution in [3.8, 4) is 0 Å². The lowest BCUT2D eigenvalue weighted by Gasteiger charge is -2.09. The lowest BCUT2D eigenvalue weighted by atomic mass is 10.1. The predicted molar refractivity (Wildman–Crippen MR) is 55.1 cm³/mol. The first-order valence-corrected chi connectivity index (χ1v) is 4.67. The van der Waals surface area contributed by atoms with Crippen LogP contribution in [0.25, 0.3) is 5.65 Å². The lowest BCUT2D eigenvalue weighted by molar-refractivity contribution is 0.762. The summed E-state index contributed by atoms with van der Waals surface area (Å²) in [5, 5.41) is 4.35. The zero-order valence-electron chi connectivity index (χ0n) is 8.65. The van der Waals surface area contributed by atoms with Gasteiger partial charge >= 0.3 is 0 Å². The summed E-state index contributed by atoms with van der Waals surface area (Å²) in [6, 6.07) is 1.95. The molecule has 0 spiro atoms. The SMILES string of the molecule is Cc1cc2ncc(C(C)N)c(C)n2n1. The standard InChI is InChI=1S/C10H14N4/c1-6-4-10-12-5-9(7(2)11)8(3)14(10)13-6/h4-5,7H,11H2,1-3H3. The van der Waals surface area contributed by atoms with E-state index >= 15 is 0 Å². The number of aromatic nitrogens is 3. The Morgan fingerprint density at radius 2 is 2.14 bits per heavy atom. The lowest BCUT2D eigenvalue weighted by Crippen LogP contribution is -2.11. The van der Waals surface area contributed by atoms with E-state index in [1.165, 1.54) is 0 Å². The van der Waals surface area contributed by atoms with Crippen LogP contribution in [0.4, 0.5) is 0 Å². The van der Waals surface area contributed by atoms with E-state index in [0.717, 1.165) is 22.6 Å². The average molecular weight is 190 g/mol. The third-order valence-electron chi connectivity index (χ3n) is 2.37. The van der Waals surface area contributed by atoms with Crippen molar-refractivity contribution in [3.63, 3.8) is 0 Å². The van der Waals surface area contributed by atoms with E-state index in [-0.39, 0.29) is 6.04 Å². The largest absolute Gasteiger partial charge is 0.324 e. The number of rotatable bonds is 1. The molecule has 0 aliphatic rings. The quantitative estimate of drug-likeness (QED) is 0.738. The molecular formula is C10H14N4. The second-order valence-electron chi connectivity index (χ2n) is 3.64. The maximum atomic E-state index is 5.83.